The predicted molar refractivity (Wildman–Crippen MR) is 132 cm³/mol. The van der Waals surface area contributed by atoms with Crippen molar-refractivity contribution in [1.29, 1.82) is 0 Å². The van der Waals surface area contributed by atoms with Crippen LogP contribution in [0, 0.1) is 6.92 Å². The van der Waals surface area contributed by atoms with Crippen LogP contribution in [0.3, 0.4) is 0 Å². The zero-order valence-electron chi connectivity index (χ0n) is 17.7. The first-order valence-electron chi connectivity index (χ1n) is 10.1. The fourth-order valence-corrected chi connectivity index (χ4v) is 4.63. The van der Waals surface area contributed by atoms with E-state index in [1.54, 1.807) is 18.1 Å². The number of nitrogens with one attached hydrogen (secondary N) is 2. The van der Waals surface area contributed by atoms with Gasteiger partial charge in [0.15, 0.2) is 5.16 Å². The maximum Gasteiger partial charge on any atom is 0.231 e. The first kappa shape index (κ1) is 22.7. The Kier molecular flexibility index (Phi) is 7.39. The van der Waals surface area contributed by atoms with Gasteiger partial charge in [-0.15, -0.1) is 10.2 Å². The number of para-hydroxylation sites is 2. The van der Waals surface area contributed by atoms with E-state index in [0.717, 1.165) is 40.3 Å². The number of hydrogen-bond donors (Lipinski definition) is 2. The van der Waals surface area contributed by atoms with Crippen LogP contribution in [-0.4, -0.2) is 48.4 Å². The van der Waals surface area contributed by atoms with Crippen molar-refractivity contribution in [3.05, 3.63) is 65.2 Å². The number of halogens is 1. The zero-order chi connectivity index (χ0) is 22.5. The molecule has 0 saturated heterocycles. The Morgan fingerprint density at radius 1 is 1.28 bits per heavy atom. The molecule has 4 rings (SSSR count). The maximum absolute atomic E-state index is 12.8. The van der Waals surface area contributed by atoms with E-state index >= 15 is 0 Å². The van der Waals surface area contributed by atoms with Crippen molar-refractivity contribution in [2.45, 2.75) is 24.5 Å². The Bertz CT molecular complexity index is 1190. The second kappa shape index (κ2) is 10.4. The Labute approximate surface area is 199 Å². The normalized spacial score (nSPS) is 12.2. The Morgan fingerprint density at radius 3 is 2.91 bits per heavy atom. The van der Waals surface area contributed by atoms with Crippen LogP contribution in [0.2, 0.25) is 5.02 Å². The fourth-order valence-electron chi connectivity index (χ4n) is 3.25. The molecular weight excluding hydrogens is 464 g/mol. The highest BCUT2D eigenvalue weighted by Crippen LogP contribution is 2.24. The molecule has 166 valence electrons. The molecule has 4 aromatic rings. The summed E-state index contributed by atoms with van der Waals surface area (Å²) in [4.78, 5) is 20.8. The molecule has 0 fully saturated rings. The van der Waals surface area contributed by atoms with Gasteiger partial charge in [-0.2, -0.15) is 11.8 Å². The quantitative estimate of drug-likeness (QED) is 0.330. The minimum atomic E-state index is -0.184. The van der Waals surface area contributed by atoms with Crippen LogP contribution in [0.25, 0.3) is 16.7 Å². The second-order valence-corrected chi connectivity index (χ2v) is 9.58. The van der Waals surface area contributed by atoms with Crippen LogP contribution in [0.5, 0.6) is 0 Å². The number of rotatable bonds is 9. The van der Waals surface area contributed by atoms with Crippen molar-refractivity contribution < 1.29 is 4.79 Å². The molecule has 10 heteroatoms. The number of nitrogens with zero attached hydrogens (tertiary/aromatic N) is 4. The smallest absolute Gasteiger partial charge is 0.231 e. The van der Waals surface area contributed by atoms with Crippen molar-refractivity contribution in [1.82, 2.24) is 30.0 Å². The molecular formula is C22H23ClN6OS2. The van der Waals surface area contributed by atoms with Crippen LogP contribution in [-0.2, 0) is 4.79 Å². The summed E-state index contributed by atoms with van der Waals surface area (Å²) in [6.45, 7) is 1.95. The molecule has 0 spiro atoms. The molecule has 2 N–H and O–H groups in total. The van der Waals surface area contributed by atoms with E-state index in [0.29, 0.717) is 10.2 Å². The topological polar surface area (TPSA) is 88.5 Å². The number of aromatic nitrogens is 5. The van der Waals surface area contributed by atoms with Gasteiger partial charge in [-0.25, -0.2) is 4.98 Å². The molecule has 2 aromatic heterocycles. The minimum Gasteiger partial charge on any atom is -0.345 e. The highest BCUT2D eigenvalue weighted by Gasteiger charge is 2.19. The summed E-state index contributed by atoms with van der Waals surface area (Å²) in [7, 11) is 0. The molecule has 32 heavy (non-hydrogen) atoms. The third-order valence-electron chi connectivity index (χ3n) is 4.97. The molecule has 0 aliphatic carbocycles. The van der Waals surface area contributed by atoms with Crippen LogP contribution >= 0.6 is 35.1 Å². The first-order valence-corrected chi connectivity index (χ1v) is 12.8. The summed E-state index contributed by atoms with van der Waals surface area (Å²) >= 11 is 9.33. The highest BCUT2D eigenvalue weighted by molar-refractivity contribution is 7.99. The molecule has 1 amide bonds. The summed E-state index contributed by atoms with van der Waals surface area (Å²) in [6, 6.07) is 13.4. The lowest BCUT2D eigenvalue weighted by atomic mass is 10.2. The van der Waals surface area contributed by atoms with Crippen molar-refractivity contribution in [3.63, 3.8) is 0 Å². The number of carbonyl (C=O) groups excluding carboxylic acids is 1. The van der Waals surface area contributed by atoms with Crippen molar-refractivity contribution >= 4 is 52.1 Å². The summed E-state index contributed by atoms with van der Waals surface area (Å²) in [5.41, 5.74) is 3.71. The highest BCUT2D eigenvalue weighted by atomic mass is 35.5. The summed E-state index contributed by atoms with van der Waals surface area (Å²) < 4.78 is 1.83. The monoisotopic (exact) mass is 486 g/mol. The van der Waals surface area contributed by atoms with E-state index in [4.69, 9.17) is 11.6 Å². The number of H-pyrrole nitrogens is 1. The van der Waals surface area contributed by atoms with Crippen LogP contribution in [0.4, 0.5) is 0 Å². The molecule has 2 aromatic carbocycles. The zero-order valence-corrected chi connectivity index (χ0v) is 20.1. The van der Waals surface area contributed by atoms with Crippen LogP contribution in [0.15, 0.2) is 53.9 Å². The Balaban J connectivity index is 1.44. The molecule has 1 atom stereocenters. The third-order valence-corrected chi connectivity index (χ3v) is 6.96. The minimum absolute atomic E-state index is 0.0851. The fraction of sp³-hybridized carbons (Fsp3) is 0.273. The van der Waals surface area contributed by atoms with E-state index in [1.165, 1.54) is 11.8 Å². The lowest BCUT2D eigenvalue weighted by Crippen LogP contribution is -2.31. The standard InChI is InChI=1S/C22H23ClN6OS2/c1-14-7-8-15(11-16(14)23)29-13-24-28-22(29)32-12-20(30)25-19(9-10-31-2)21-26-17-5-3-4-6-18(17)27-21/h3-8,11,13,19H,9-10,12H2,1-2H3,(H,25,30)(H,26,27). The van der Waals surface area contributed by atoms with E-state index in [-0.39, 0.29) is 17.7 Å². The molecule has 0 saturated carbocycles. The number of carbonyl (C=O) groups is 1. The average Bonchev–Trinajstić information content (AvgIpc) is 3.44. The van der Waals surface area contributed by atoms with E-state index in [1.807, 2.05) is 54.0 Å². The summed E-state index contributed by atoms with van der Waals surface area (Å²) in [6.07, 6.45) is 4.46. The maximum atomic E-state index is 12.8. The van der Waals surface area contributed by atoms with Gasteiger partial charge in [-0.3, -0.25) is 9.36 Å². The van der Waals surface area contributed by atoms with Gasteiger partial charge in [0.2, 0.25) is 5.91 Å². The van der Waals surface area contributed by atoms with E-state index in [2.05, 4.69) is 31.7 Å². The van der Waals surface area contributed by atoms with Gasteiger partial charge in [-0.1, -0.05) is 41.6 Å². The van der Waals surface area contributed by atoms with Crippen LogP contribution in [0.1, 0.15) is 23.9 Å². The number of aromatic amines is 1. The Morgan fingerprint density at radius 2 is 2.12 bits per heavy atom. The predicted octanol–water partition coefficient (Wildman–Crippen LogP) is 4.81. The summed E-state index contributed by atoms with van der Waals surface area (Å²) in [5.74, 6) is 1.82. The molecule has 0 aliphatic heterocycles. The van der Waals surface area contributed by atoms with Gasteiger partial charge in [-0.05, 0) is 55.2 Å². The number of imidazole rings is 1. The second-order valence-electron chi connectivity index (χ2n) is 7.25. The van der Waals surface area contributed by atoms with Crippen molar-refractivity contribution in [3.8, 4) is 5.69 Å². The average molecular weight is 487 g/mol. The molecule has 2 heterocycles. The van der Waals surface area contributed by atoms with E-state index in [9.17, 15) is 4.79 Å². The van der Waals surface area contributed by atoms with Gasteiger partial charge in [0, 0.05) is 5.02 Å². The third kappa shape index (κ3) is 5.28. The van der Waals surface area contributed by atoms with Gasteiger partial charge < -0.3 is 10.3 Å². The number of hydrogen-bond acceptors (Lipinski definition) is 6. The van der Waals surface area contributed by atoms with E-state index < -0.39 is 0 Å². The SMILES string of the molecule is CSCCC(NC(=O)CSc1nncn1-c1ccc(C)c(Cl)c1)c1nc2ccccc2[nH]1. The first-order chi connectivity index (χ1) is 15.5. The molecule has 0 radical (unpaired) electrons. The van der Waals surface area contributed by atoms with Crippen LogP contribution < -0.4 is 5.32 Å². The lowest BCUT2D eigenvalue weighted by molar-refractivity contribution is -0.119. The number of thioether (sulfide) groups is 2. The Hall–Kier alpha value is -2.49. The molecule has 0 bridgehead atoms. The van der Waals surface area contributed by atoms with Crippen molar-refractivity contribution in [2.24, 2.45) is 0 Å². The molecule has 0 aliphatic rings. The molecule has 1 unspecified atom stereocenters. The van der Waals surface area contributed by atoms with Gasteiger partial charge >= 0.3 is 0 Å². The summed E-state index contributed by atoms with van der Waals surface area (Å²) in [5, 5.41) is 12.6. The lowest BCUT2D eigenvalue weighted by Gasteiger charge is -2.16. The van der Waals surface area contributed by atoms with Crippen molar-refractivity contribution in [2.75, 3.05) is 17.8 Å². The number of amides is 1. The largest absolute Gasteiger partial charge is 0.345 e. The number of aryl methyl sites for hydroxylation is 1. The number of benzene rings is 2. The van der Waals surface area contributed by atoms with Gasteiger partial charge in [0.05, 0.1) is 28.5 Å². The van der Waals surface area contributed by atoms with Gasteiger partial charge in [0.25, 0.3) is 0 Å². The molecule has 7 nitrogen and oxygen atoms in total. The van der Waals surface area contributed by atoms with Gasteiger partial charge in [0.1, 0.15) is 12.2 Å². The number of fused-ring (bicyclic) bond motifs is 1.